The summed E-state index contributed by atoms with van der Waals surface area (Å²) in [6, 6.07) is 11.6. The van der Waals surface area contributed by atoms with Crippen LogP contribution >= 0.6 is 46.6 Å². The number of rotatable bonds is 1. The van der Waals surface area contributed by atoms with Gasteiger partial charge in [-0.1, -0.05) is 58.7 Å². The maximum atomic E-state index is 6.24. The predicted octanol–water partition coefficient (Wildman–Crippen LogP) is 5.86. The molecule has 18 heavy (non-hydrogen) atoms. The van der Waals surface area contributed by atoms with E-state index in [1.54, 1.807) is 17.8 Å². The molecule has 1 heterocycles. The largest absolute Gasteiger partial charge is 0.368 e. The third kappa shape index (κ3) is 2.19. The molecule has 92 valence electrons. The van der Waals surface area contributed by atoms with Crippen LogP contribution in [0, 0.1) is 0 Å². The highest BCUT2D eigenvalue weighted by atomic mass is 35.5. The minimum Gasteiger partial charge on any atom is -0.368 e. The standard InChI is InChI=1S/C13H8Cl3NS/c14-7-5-8(12(16)9(15)6-7)13-17-10-3-1-2-4-11(10)18-13/h1-6,13,17H. The first-order valence-corrected chi connectivity index (χ1v) is 7.33. The minimum atomic E-state index is 0.0473. The van der Waals surface area contributed by atoms with E-state index in [2.05, 4.69) is 11.4 Å². The highest BCUT2D eigenvalue weighted by Crippen LogP contribution is 2.49. The Bertz CT molecular complexity index is 590. The molecule has 1 nitrogen and oxygen atoms in total. The van der Waals surface area contributed by atoms with Crippen molar-refractivity contribution < 1.29 is 0 Å². The SMILES string of the molecule is Clc1cc(Cl)c(Cl)c(C2Nc3ccccc3S2)c1. The molecule has 2 aromatic carbocycles. The monoisotopic (exact) mass is 315 g/mol. The van der Waals surface area contributed by atoms with Crippen LogP contribution in [-0.2, 0) is 0 Å². The molecule has 0 radical (unpaired) electrons. The van der Waals surface area contributed by atoms with E-state index in [4.69, 9.17) is 34.8 Å². The Labute approximate surface area is 124 Å². The molecule has 1 aliphatic rings. The fourth-order valence-corrected chi connectivity index (χ4v) is 3.85. The van der Waals surface area contributed by atoms with Crippen molar-refractivity contribution in [2.75, 3.05) is 5.32 Å². The Morgan fingerprint density at radius 3 is 2.61 bits per heavy atom. The molecular weight excluding hydrogens is 309 g/mol. The van der Waals surface area contributed by atoms with Crippen molar-refractivity contribution in [2.45, 2.75) is 10.3 Å². The molecule has 3 rings (SSSR count). The first-order valence-electron chi connectivity index (χ1n) is 5.32. The number of halogens is 3. The smallest absolute Gasteiger partial charge is 0.104 e. The number of thioether (sulfide) groups is 1. The number of anilines is 1. The van der Waals surface area contributed by atoms with E-state index in [1.165, 1.54) is 4.90 Å². The summed E-state index contributed by atoms with van der Waals surface area (Å²) in [6.07, 6.45) is 0. The molecule has 1 atom stereocenters. The van der Waals surface area contributed by atoms with E-state index < -0.39 is 0 Å². The van der Waals surface area contributed by atoms with Crippen LogP contribution in [0.25, 0.3) is 0 Å². The first-order chi connectivity index (χ1) is 8.65. The highest BCUT2D eigenvalue weighted by Gasteiger charge is 2.25. The molecule has 5 heteroatoms. The summed E-state index contributed by atoms with van der Waals surface area (Å²) in [5.74, 6) is 0. The molecular formula is C13H8Cl3NS. The van der Waals surface area contributed by atoms with Gasteiger partial charge in [-0.05, 0) is 24.3 Å². The molecule has 2 aromatic rings. The summed E-state index contributed by atoms with van der Waals surface area (Å²) in [5.41, 5.74) is 2.02. The van der Waals surface area contributed by atoms with Crippen molar-refractivity contribution in [3.05, 3.63) is 57.0 Å². The third-order valence-corrected chi connectivity index (χ3v) is 4.97. The lowest BCUT2D eigenvalue weighted by Gasteiger charge is -2.14. The van der Waals surface area contributed by atoms with E-state index >= 15 is 0 Å². The quantitative estimate of drug-likeness (QED) is 0.661. The first kappa shape index (κ1) is 12.5. The number of hydrogen-bond donors (Lipinski definition) is 1. The van der Waals surface area contributed by atoms with Crippen LogP contribution in [-0.4, -0.2) is 0 Å². The average molecular weight is 317 g/mol. The van der Waals surface area contributed by atoms with Crippen LogP contribution in [0.2, 0.25) is 15.1 Å². The fraction of sp³-hybridized carbons (Fsp3) is 0.0769. The number of fused-ring (bicyclic) bond motifs is 1. The molecule has 0 spiro atoms. The van der Waals surface area contributed by atoms with E-state index in [1.807, 2.05) is 24.3 Å². The van der Waals surface area contributed by atoms with Gasteiger partial charge in [0, 0.05) is 21.2 Å². The van der Waals surface area contributed by atoms with Gasteiger partial charge in [-0.25, -0.2) is 0 Å². The Morgan fingerprint density at radius 2 is 1.83 bits per heavy atom. The Kier molecular flexibility index (Phi) is 3.37. The molecule has 1 unspecified atom stereocenters. The highest BCUT2D eigenvalue weighted by molar-refractivity contribution is 8.00. The normalized spacial score (nSPS) is 17.4. The van der Waals surface area contributed by atoms with Crippen LogP contribution in [0.4, 0.5) is 5.69 Å². The third-order valence-electron chi connectivity index (χ3n) is 2.72. The molecule has 0 saturated carbocycles. The van der Waals surface area contributed by atoms with E-state index in [0.717, 1.165) is 11.3 Å². The van der Waals surface area contributed by atoms with Gasteiger partial charge < -0.3 is 5.32 Å². The Hall–Kier alpha value is -0.540. The zero-order valence-corrected chi connectivity index (χ0v) is 12.2. The number of benzene rings is 2. The van der Waals surface area contributed by atoms with Gasteiger partial charge in [0.25, 0.3) is 0 Å². The topological polar surface area (TPSA) is 12.0 Å². The summed E-state index contributed by atoms with van der Waals surface area (Å²) < 4.78 is 0. The molecule has 0 amide bonds. The summed E-state index contributed by atoms with van der Waals surface area (Å²) in [7, 11) is 0. The lowest BCUT2D eigenvalue weighted by molar-refractivity contribution is 1.13. The van der Waals surface area contributed by atoms with Gasteiger partial charge in [0.05, 0.1) is 10.0 Å². The van der Waals surface area contributed by atoms with Crippen molar-refractivity contribution in [1.29, 1.82) is 0 Å². The Morgan fingerprint density at radius 1 is 1.06 bits per heavy atom. The lowest BCUT2D eigenvalue weighted by Crippen LogP contribution is -2.02. The van der Waals surface area contributed by atoms with Gasteiger partial charge in [-0.3, -0.25) is 0 Å². The van der Waals surface area contributed by atoms with Gasteiger partial charge >= 0.3 is 0 Å². The van der Waals surface area contributed by atoms with Crippen molar-refractivity contribution in [3.8, 4) is 0 Å². The van der Waals surface area contributed by atoms with Gasteiger partial charge in [0.15, 0.2) is 0 Å². The Balaban J connectivity index is 2.00. The second kappa shape index (κ2) is 4.86. The van der Waals surface area contributed by atoms with Crippen LogP contribution in [0.3, 0.4) is 0 Å². The van der Waals surface area contributed by atoms with Crippen LogP contribution in [0.5, 0.6) is 0 Å². The van der Waals surface area contributed by atoms with Gasteiger partial charge in [-0.2, -0.15) is 0 Å². The maximum Gasteiger partial charge on any atom is 0.104 e. The van der Waals surface area contributed by atoms with Crippen molar-refractivity contribution in [2.24, 2.45) is 0 Å². The maximum absolute atomic E-state index is 6.24. The summed E-state index contributed by atoms with van der Waals surface area (Å²) >= 11 is 20.0. The summed E-state index contributed by atoms with van der Waals surface area (Å²) in [6.45, 7) is 0. The van der Waals surface area contributed by atoms with Crippen molar-refractivity contribution in [3.63, 3.8) is 0 Å². The second-order valence-corrected chi connectivity index (χ2v) is 6.30. The van der Waals surface area contributed by atoms with E-state index in [-0.39, 0.29) is 5.37 Å². The second-order valence-electron chi connectivity index (χ2n) is 3.93. The molecule has 1 aliphatic heterocycles. The van der Waals surface area contributed by atoms with Gasteiger partial charge in [0.1, 0.15) is 5.37 Å². The zero-order chi connectivity index (χ0) is 12.7. The summed E-state index contributed by atoms with van der Waals surface area (Å²) in [5, 5.41) is 5.09. The van der Waals surface area contributed by atoms with Crippen molar-refractivity contribution >= 4 is 52.3 Å². The number of para-hydroxylation sites is 1. The van der Waals surface area contributed by atoms with Crippen LogP contribution in [0.1, 0.15) is 10.9 Å². The van der Waals surface area contributed by atoms with Crippen LogP contribution in [0.15, 0.2) is 41.3 Å². The van der Waals surface area contributed by atoms with Crippen LogP contribution < -0.4 is 5.32 Å². The fourth-order valence-electron chi connectivity index (χ4n) is 1.89. The molecule has 0 aromatic heterocycles. The predicted molar refractivity (Wildman–Crippen MR) is 80.1 cm³/mol. The molecule has 0 bridgehead atoms. The van der Waals surface area contributed by atoms with E-state index in [0.29, 0.717) is 15.1 Å². The molecule has 0 saturated heterocycles. The molecule has 0 fully saturated rings. The molecule has 0 aliphatic carbocycles. The van der Waals surface area contributed by atoms with Gasteiger partial charge in [0.2, 0.25) is 0 Å². The van der Waals surface area contributed by atoms with Crippen molar-refractivity contribution in [1.82, 2.24) is 0 Å². The van der Waals surface area contributed by atoms with E-state index in [9.17, 15) is 0 Å². The summed E-state index contributed by atoms with van der Waals surface area (Å²) in [4.78, 5) is 1.20. The minimum absolute atomic E-state index is 0.0473. The number of hydrogen-bond acceptors (Lipinski definition) is 2. The lowest BCUT2D eigenvalue weighted by atomic mass is 10.2. The molecule has 1 N–H and O–H groups in total. The van der Waals surface area contributed by atoms with Gasteiger partial charge in [-0.15, -0.1) is 0 Å². The number of nitrogens with one attached hydrogen (secondary N) is 1. The average Bonchev–Trinajstić information content (AvgIpc) is 2.77. The zero-order valence-electron chi connectivity index (χ0n) is 9.08.